The van der Waals surface area contributed by atoms with E-state index in [-0.39, 0.29) is 44.0 Å². The molecule has 6 nitrogen and oxygen atoms in total. The number of rotatable bonds is 10. The summed E-state index contributed by atoms with van der Waals surface area (Å²) >= 11 is 0. The van der Waals surface area contributed by atoms with E-state index >= 15 is 0 Å². The number of benzene rings is 1. The highest BCUT2D eigenvalue weighted by molar-refractivity contribution is 5.91. The van der Waals surface area contributed by atoms with E-state index in [0.29, 0.717) is 12.2 Å². The second-order valence-electron chi connectivity index (χ2n) is 5.58. The van der Waals surface area contributed by atoms with Crippen LogP contribution in [0, 0.1) is 12.3 Å². The summed E-state index contributed by atoms with van der Waals surface area (Å²) in [5.41, 5.74) is -2.13. The molecule has 1 heterocycles. The smallest absolute Gasteiger partial charge is 0.442 e. The first-order valence-electron chi connectivity index (χ1n) is 8.26. The van der Waals surface area contributed by atoms with Gasteiger partial charge < -0.3 is 14.2 Å². The zero-order valence-corrected chi connectivity index (χ0v) is 14.7. The Bertz CT molecular complexity index is 735. The lowest BCUT2D eigenvalue weighted by Gasteiger charge is -2.17. The van der Waals surface area contributed by atoms with E-state index in [1.807, 2.05) is 0 Å². The molecule has 9 heteroatoms. The van der Waals surface area contributed by atoms with Crippen molar-refractivity contribution in [3.8, 4) is 12.3 Å². The van der Waals surface area contributed by atoms with Gasteiger partial charge >= 0.3 is 17.8 Å². The molecule has 146 valence electrons. The van der Waals surface area contributed by atoms with E-state index in [9.17, 15) is 18.0 Å². The largest absolute Gasteiger partial charge is 0.462 e. The van der Waals surface area contributed by atoms with Crippen molar-refractivity contribution in [1.82, 2.24) is 0 Å². The molecule has 27 heavy (non-hydrogen) atoms. The standard InChI is InChI=1S/C18H19F3N2O4/c1-3-8-25-10-11-26-9-7-13-12-14(17(22-23-17)18(19,20)21)5-6-15(13)16(24)27-4-2/h1,5-6,12H,4,7-11H2,2H3. The highest BCUT2D eigenvalue weighted by Crippen LogP contribution is 2.52. The number of esters is 1. The second kappa shape index (κ2) is 8.97. The first-order chi connectivity index (χ1) is 12.9. The number of ether oxygens (including phenoxy) is 3. The van der Waals surface area contributed by atoms with Crippen LogP contribution in [-0.2, 0) is 26.3 Å². The normalized spacial score (nSPS) is 14.6. The van der Waals surface area contributed by atoms with Gasteiger partial charge in [-0.2, -0.15) is 13.2 Å². The van der Waals surface area contributed by atoms with Crippen LogP contribution in [0.2, 0.25) is 0 Å². The van der Waals surface area contributed by atoms with Crippen molar-refractivity contribution in [1.29, 1.82) is 0 Å². The lowest BCUT2D eigenvalue weighted by Crippen LogP contribution is -2.30. The molecule has 0 saturated heterocycles. The third kappa shape index (κ3) is 5.05. The van der Waals surface area contributed by atoms with E-state index in [1.54, 1.807) is 6.92 Å². The molecule has 1 aromatic carbocycles. The second-order valence-corrected chi connectivity index (χ2v) is 5.58. The molecule has 1 aromatic rings. The summed E-state index contributed by atoms with van der Waals surface area (Å²) in [6.45, 7) is 2.72. The minimum Gasteiger partial charge on any atom is -0.462 e. The number of halogens is 3. The fourth-order valence-electron chi connectivity index (χ4n) is 2.40. The zero-order chi connectivity index (χ0) is 19.9. The van der Waals surface area contributed by atoms with E-state index in [4.69, 9.17) is 20.6 Å². The average molecular weight is 384 g/mol. The summed E-state index contributed by atoms with van der Waals surface area (Å²) in [6.07, 6.45) is 0.620. The molecule has 1 aliphatic rings. The Balaban J connectivity index is 2.10. The summed E-state index contributed by atoms with van der Waals surface area (Å²) in [5.74, 6) is 1.71. The molecule has 0 atom stereocenters. The number of hydrogen-bond acceptors (Lipinski definition) is 6. The molecule has 0 radical (unpaired) electrons. The topological polar surface area (TPSA) is 69.5 Å². The molecule has 0 bridgehead atoms. The molecule has 0 fully saturated rings. The van der Waals surface area contributed by atoms with Gasteiger partial charge in [-0.3, -0.25) is 0 Å². The lowest BCUT2D eigenvalue weighted by molar-refractivity contribution is -0.166. The third-order valence-electron chi connectivity index (χ3n) is 3.77. The van der Waals surface area contributed by atoms with E-state index in [2.05, 4.69) is 16.1 Å². The van der Waals surface area contributed by atoms with Gasteiger partial charge in [0, 0.05) is 5.56 Å². The van der Waals surface area contributed by atoms with Gasteiger partial charge in [-0.15, -0.1) is 16.7 Å². The fraction of sp³-hybridized carbons (Fsp3) is 0.500. The number of carbonyl (C=O) groups is 1. The van der Waals surface area contributed by atoms with Gasteiger partial charge in [-0.05, 0) is 31.0 Å². The van der Waals surface area contributed by atoms with Gasteiger partial charge in [-0.25, -0.2) is 4.79 Å². The number of alkyl halides is 3. The molecule has 1 aliphatic heterocycles. The summed E-state index contributed by atoms with van der Waals surface area (Å²) in [4.78, 5) is 12.1. The molecular weight excluding hydrogens is 365 g/mol. The fourth-order valence-corrected chi connectivity index (χ4v) is 2.40. The molecule has 0 spiro atoms. The molecule has 0 unspecified atom stereocenters. The van der Waals surface area contributed by atoms with Crippen LogP contribution in [0.25, 0.3) is 0 Å². The highest BCUT2D eigenvalue weighted by Gasteiger charge is 2.65. The van der Waals surface area contributed by atoms with Crippen molar-refractivity contribution in [2.24, 2.45) is 10.2 Å². The Morgan fingerprint density at radius 3 is 2.52 bits per heavy atom. The van der Waals surface area contributed by atoms with Gasteiger partial charge in [0.2, 0.25) is 0 Å². The third-order valence-corrected chi connectivity index (χ3v) is 3.77. The van der Waals surface area contributed by atoms with Crippen LogP contribution in [0.15, 0.2) is 28.4 Å². The Kier molecular flexibility index (Phi) is 6.93. The van der Waals surface area contributed by atoms with Crippen LogP contribution in [0.4, 0.5) is 13.2 Å². The van der Waals surface area contributed by atoms with Gasteiger partial charge in [0.25, 0.3) is 0 Å². The van der Waals surface area contributed by atoms with Crippen molar-refractivity contribution in [2.45, 2.75) is 25.2 Å². The minimum absolute atomic E-state index is 0.143. The summed E-state index contributed by atoms with van der Waals surface area (Å²) < 4.78 is 55.0. The van der Waals surface area contributed by atoms with Crippen molar-refractivity contribution in [3.63, 3.8) is 0 Å². The summed E-state index contributed by atoms with van der Waals surface area (Å²) in [6, 6.07) is 3.77. The number of terminal acetylenes is 1. The molecule has 0 amide bonds. The van der Waals surface area contributed by atoms with Gasteiger partial charge in [0.15, 0.2) is 0 Å². The maximum Gasteiger partial charge on any atom is 0.442 e. The lowest BCUT2D eigenvalue weighted by atomic mass is 9.95. The zero-order valence-electron chi connectivity index (χ0n) is 14.7. The molecule has 2 rings (SSSR count). The SMILES string of the molecule is C#CCOCCOCCc1cc(C2(C(F)(F)F)N=N2)ccc1C(=O)OCC. The highest BCUT2D eigenvalue weighted by atomic mass is 19.4. The minimum atomic E-state index is -4.64. The number of carbonyl (C=O) groups excluding carboxylic acids is 1. The number of nitrogens with zero attached hydrogens (tertiary/aromatic N) is 2. The molecule has 0 saturated carbocycles. The summed E-state index contributed by atoms with van der Waals surface area (Å²) in [5, 5.41) is 6.37. The first-order valence-corrected chi connectivity index (χ1v) is 8.26. The van der Waals surface area contributed by atoms with Crippen LogP contribution in [0.5, 0.6) is 0 Å². The van der Waals surface area contributed by atoms with Crippen LogP contribution in [0.3, 0.4) is 0 Å². The van der Waals surface area contributed by atoms with Gasteiger partial charge in [0.05, 0.1) is 32.0 Å². The van der Waals surface area contributed by atoms with Crippen LogP contribution in [0.1, 0.15) is 28.4 Å². The number of hydrogen-bond donors (Lipinski definition) is 0. The monoisotopic (exact) mass is 384 g/mol. The van der Waals surface area contributed by atoms with Crippen molar-refractivity contribution in [3.05, 3.63) is 34.9 Å². The quantitative estimate of drug-likeness (QED) is 0.353. The van der Waals surface area contributed by atoms with Gasteiger partial charge in [0.1, 0.15) is 6.61 Å². The van der Waals surface area contributed by atoms with Crippen molar-refractivity contribution >= 4 is 5.97 Å². The Morgan fingerprint density at radius 2 is 1.93 bits per heavy atom. The molecular formula is C18H19F3N2O4. The van der Waals surface area contributed by atoms with Crippen molar-refractivity contribution in [2.75, 3.05) is 33.0 Å². The van der Waals surface area contributed by atoms with E-state index in [1.165, 1.54) is 18.2 Å². The maximum absolute atomic E-state index is 13.2. The van der Waals surface area contributed by atoms with Gasteiger partial charge in [-0.1, -0.05) is 12.0 Å². The van der Waals surface area contributed by atoms with E-state index in [0.717, 1.165) is 0 Å². The average Bonchev–Trinajstić information content (AvgIpc) is 3.43. The molecule has 0 aliphatic carbocycles. The Labute approximate surface area is 154 Å². The maximum atomic E-state index is 13.2. The molecule has 0 aromatic heterocycles. The summed E-state index contributed by atoms with van der Waals surface area (Å²) in [7, 11) is 0. The van der Waals surface area contributed by atoms with Crippen LogP contribution in [-0.4, -0.2) is 45.2 Å². The Hall–Kier alpha value is -2.44. The van der Waals surface area contributed by atoms with Crippen LogP contribution >= 0.6 is 0 Å². The predicted molar refractivity (Wildman–Crippen MR) is 89.2 cm³/mol. The first kappa shape index (κ1) is 20.9. The van der Waals surface area contributed by atoms with Crippen LogP contribution < -0.4 is 0 Å². The molecule has 0 N–H and O–H groups in total. The predicted octanol–water partition coefficient (Wildman–Crippen LogP) is 3.25. The Morgan fingerprint density at radius 1 is 1.22 bits per heavy atom. The van der Waals surface area contributed by atoms with E-state index < -0.39 is 17.8 Å². The van der Waals surface area contributed by atoms with Crippen molar-refractivity contribution < 1.29 is 32.2 Å².